The zero-order chi connectivity index (χ0) is 15.5. The second-order valence-corrected chi connectivity index (χ2v) is 6.04. The lowest BCUT2D eigenvalue weighted by atomic mass is 9.75. The third kappa shape index (κ3) is 3.20. The largest absolute Gasteiger partial charge is 0.393 e. The van der Waals surface area contributed by atoms with Gasteiger partial charge in [0.2, 0.25) is 0 Å². The molecule has 1 aliphatic carbocycles. The summed E-state index contributed by atoms with van der Waals surface area (Å²) in [5.41, 5.74) is 2.70. The average molecular weight is 299 g/mol. The van der Waals surface area contributed by atoms with Crippen LogP contribution in [0.1, 0.15) is 34.5 Å². The van der Waals surface area contributed by atoms with Crippen LogP contribution in [0.5, 0.6) is 0 Å². The van der Waals surface area contributed by atoms with E-state index in [9.17, 15) is 9.90 Å². The second kappa shape index (κ2) is 6.32. The monoisotopic (exact) mass is 299 g/mol. The summed E-state index contributed by atoms with van der Waals surface area (Å²) in [6, 6.07) is 5.77. The van der Waals surface area contributed by atoms with Crippen LogP contribution in [0.2, 0.25) is 0 Å². The van der Waals surface area contributed by atoms with Crippen molar-refractivity contribution in [3.05, 3.63) is 53.6 Å². The summed E-state index contributed by atoms with van der Waals surface area (Å²) in [6.45, 7) is 1.89. The van der Waals surface area contributed by atoms with E-state index in [1.54, 1.807) is 24.7 Å². The first-order valence-corrected chi connectivity index (χ1v) is 7.65. The summed E-state index contributed by atoms with van der Waals surface area (Å²) < 4.78 is 0. The lowest BCUT2D eigenvalue weighted by Gasteiger charge is -2.38. The number of pyridine rings is 1. The molecule has 5 nitrogen and oxygen atoms in total. The predicted molar refractivity (Wildman–Crippen MR) is 83.5 cm³/mol. The number of aryl methyl sites for hydroxylation is 1. The van der Waals surface area contributed by atoms with E-state index in [-0.39, 0.29) is 18.1 Å². The molecule has 1 unspecified atom stereocenters. The van der Waals surface area contributed by atoms with Crippen molar-refractivity contribution in [2.75, 3.05) is 0 Å². The van der Waals surface area contributed by atoms with Crippen molar-refractivity contribution in [3.8, 4) is 0 Å². The van der Waals surface area contributed by atoms with Crippen molar-refractivity contribution in [2.24, 2.45) is 5.92 Å². The Morgan fingerprint density at radius 3 is 2.73 bits per heavy atom. The van der Waals surface area contributed by atoms with E-state index >= 15 is 0 Å². The molecule has 0 saturated heterocycles. The van der Waals surface area contributed by atoms with Crippen LogP contribution >= 0.6 is 0 Å². The number of aliphatic hydroxyl groups is 1. The molecule has 2 heterocycles. The van der Waals surface area contributed by atoms with Gasteiger partial charge >= 0.3 is 0 Å². The minimum Gasteiger partial charge on any atom is -0.393 e. The van der Waals surface area contributed by atoms with Crippen molar-refractivity contribution in [1.29, 1.82) is 0 Å². The molecule has 1 amide bonds. The number of carbonyl (C=O) groups excluding carboxylic acids is 1. The fourth-order valence-corrected chi connectivity index (χ4v) is 3.01. The number of amides is 1. The molecule has 2 aromatic rings. The van der Waals surface area contributed by atoms with Crippen molar-refractivity contribution in [1.82, 2.24) is 15.3 Å². The number of nitrogens with zero attached hydrogens (tertiary/aromatic N) is 1. The summed E-state index contributed by atoms with van der Waals surface area (Å²) in [5, 5.41) is 12.7. The van der Waals surface area contributed by atoms with E-state index in [0.29, 0.717) is 11.5 Å². The number of rotatable bonds is 5. The van der Waals surface area contributed by atoms with Crippen LogP contribution in [-0.2, 0) is 6.42 Å². The van der Waals surface area contributed by atoms with E-state index in [0.717, 1.165) is 30.5 Å². The molecule has 0 spiro atoms. The third-order valence-corrected chi connectivity index (χ3v) is 4.44. The van der Waals surface area contributed by atoms with Crippen molar-refractivity contribution in [3.63, 3.8) is 0 Å². The molecule has 22 heavy (non-hydrogen) atoms. The Hall–Kier alpha value is -2.14. The smallest absolute Gasteiger partial charge is 0.253 e. The summed E-state index contributed by atoms with van der Waals surface area (Å²) >= 11 is 0. The van der Waals surface area contributed by atoms with Gasteiger partial charge in [-0.15, -0.1) is 0 Å². The number of aromatic nitrogens is 2. The van der Waals surface area contributed by atoms with Gasteiger partial charge in [-0.05, 0) is 55.9 Å². The summed E-state index contributed by atoms with van der Waals surface area (Å²) in [4.78, 5) is 19.5. The molecule has 1 aliphatic rings. The number of carbonyl (C=O) groups is 1. The molecule has 0 radical (unpaired) electrons. The van der Waals surface area contributed by atoms with Crippen molar-refractivity contribution >= 4 is 5.91 Å². The van der Waals surface area contributed by atoms with E-state index in [1.165, 1.54) is 0 Å². The maximum atomic E-state index is 12.4. The van der Waals surface area contributed by atoms with Gasteiger partial charge < -0.3 is 15.4 Å². The van der Waals surface area contributed by atoms with E-state index in [1.807, 2.05) is 19.1 Å². The number of hydrogen-bond acceptors (Lipinski definition) is 3. The summed E-state index contributed by atoms with van der Waals surface area (Å²) in [7, 11) is 0. The van der Waals surface area contributed by atoms with Gasteiger partial charge in [0.25, 0.3) is 5.91 Å². The van der Waals surface area contributed by atoms with Crippen LogP contribution < -0.4 is 5.32 Å². The van der Waals surface area contributed by atoms with Gasteiger partial charge in [0.1, 0.15) is 0 Å². The van der Waals surface area contributed by atoms with Gasteiger partial charge in [-0.1, -0.05) is 0 Å². The topological polar surface area (TPSA) is 78.0 Å². The van der Waals surface area contributed by atoms with Gasteiger partial charge in [0.05, 0.1) is 11.7 Å². The van der Waals surface area contributed by atoms with E-state index < -0.39 is 0 Å². The Labute approximate surface area is 129 Å². The molecule has 5 heteroatoms. The Kier molecular flexibility index (Phi) is 4.24. The number of aliphatic hydroxyl groups excluding tert-OH is 1. The maximum Gasteiger partial charge on any atom is 0.253 e. The number of hydrogen-bond donors (Lipinski definition) is 3. The highest BCUT2D eigenvalue weighted by Crippen LogP contribution is 2.32. The Balaban J connectivity index is 1.71. The maximum absolute atomic E-state index is 12.4. The fraction of sp³-hybridized carbons (Fsp3) is 0.412. The van der Waals surface area contributed by atoms with Gasteiger partial charge in [-0.2, -0.15) is 0 Å². The molecule has 0 aromatic carbocycles. The highest BCUT2D eigenvalue weighted by atomic mass is 16.3. The number of nitrogens with one attached hydrogen (secondary N) is 2. The van der Waals surface area contributed by atoms with Crippen LogP contribution in [0.15, 0.2) is 36.8 Å². The zero-order valence-corrected chi connectivity index (χ0v) is 12.6. The Morgan fingerprint density at radius 2 is 2.14 bits per heavy atom. The Bertz CT molecular complexity index is 632. The molecule has 2 aromatic heterocycles. The number of aromatic amines is 1. The minimum atomic E-state index is -0.226. The summed E-state index contributed by atoms with van der Waals surface area (Å²) in [5.74, 6) is 0.269. The lowest BCUT2D eigenvalue weighted by molar-refractivity contribution is 0.0239. The van der Waals surface area contributed by atoms with Crippen molar-refractivity contribution in [2.45, 2.75) is 38.3 Å². The van der Waals surface area contributed by atoms with Crippen molar-refractivity contribution < 1.29 is 9.90 Å². The van der Waals surface area contributed by atoms with Crippen LogP contribution in [-0.4, -0.2) is 33.1 Å². The number of H-pyrrole nitrogens is 1. The molecule has 3 N–H and O–H groups in total. The quantitative estimate of drug-likeness (QED) is 0.788. The van der Waals surface area contributed by atoms with Gasteiger partial charge in [-0.25, -0.2) is 0 Å². The minimum absolute atomic E-state index is 0.0348. The van der Waals surface area contributed by atoms with Gasteiger partial charge in [-0.3, -0.25) is 9.78 Å². The molecule has 3 rings (SSSR count). The first-order valence-electron chi connectivity index (χ1n) is 7.65. The molecular formula is C17H21N3O2. The standard InChI is InChI=1S/C17H21N3O2/c1-11-15(4-7-19-11)17(22)20-16(13-9-14(21)10-13)8-12-2-5-18-6-3-12/h2-7,13-14,16,19,21H,8-10H2,1H3,(H,20,22). The van der Waals surface area contributed by atoms with Crippen LogP contribution in [0, 0.1) is 12.8 Å². The highest BCUT2D eigenvalue weighted by molar-refractivity contribution is 5.95. The van der Waals surface area contributed by atoms with Gasteiger partial charge in [0, 0.05) is 30.3 Å². The SMILES string of the molecule is Cc1[nH]ccc1C(=O)NC(Cc1ccncc1)C1CC(O)C1. The van der Waals surface area contributed by atoms with Crippen LogP contribution in [0.25, 0.3) is 0 Å². The first-order chi connectivity index (χ1) is 10.6. The molecule has 0 aliphatic heterocycles. The molecule has 1 saturated carbocycles. The molecule has 1 atom stereocenters. The Morgan fingerprint density at radius 1 is 1.41 bits per heavy atom. The van der Waals surface area contributed by atoms with E-state index in [4.69, 9.17) is 0 Å². The van der Waals surface area contributed by atoms with E-state index in [2.05, 4.69) is 15.3 Å². The molecule has 116 valence electrons. The molecule has 1 fully saturated rings. The predicted octanol–water partition coefficient (Wildman–Crippen LogP) is 1.83. The van der Waals surface area contributed by atoms with Gasteiger partial charge in [0.15, 0.2) is 0 Å². The summed E-state index contributed by atoms with van der Waals surface area (Å²) in [6.07, 6.45) is 7.34. The highest BCUT2D eigenvalue weighted by Gasteiger charge is 2.35. The lowest BCUT2D eigenvalue weighted by Crippen LogP contribution is -2.48. The normalized spacial score (nSPS) is 21.9. The second-order valence-electron chi connectivity index (χ2n) is 6.04. The van der Waals surface area contributed by atoms with Crippen LogP contribution in [0.4, 0.5) is 0 Å². The molecule has 0 bridgehead atoms. The third-order valence-electron chi connectivity index (χ3n) is 4.44. The van der Waals surface area contributed by atoms with Crippen LogP contribution in [0.3, 0.4) is 0 Å². The first kappa shape index (κ1) is 14.8. The molecular weight excluding hydrogens is 278 g/mol. The fourth-order valence-electron chi connectivity index (χ4n) is 3.01. The zero-order valence-electron chi connectivity index (χ0n) is 12.6. The average Bonchev–Trinajstić information content (AvgIpc) is 2.91.